The van der Waals surface area contributed by atoms with Crippen LogP contribution in [0.1, 0.15) is 29.5 Å². The summed E-state index contributed by atoms with van der Waals surface area (Å²) in [6, 6.07) is 9.37. The van der Waals surface area contributed by atoms with Crippen LogP contribution in [0.4, 0.5) is 0 Å². The molecule has 0 unspecified atom stereocenters. The highest BCUT2D eigenvalue weighted by Gasteiger charge is 2.20. The van der Waals surface area contributed by atoms with Crippen molar-refractivity contribution in [3.63, 3.8) is 0 Å². The van der Waals surface area contributed by atoms with E-state index in [9.17, 15) is 4.79 Å². The number of hydrogen-bond acceptors (Lipinski definition) is 3. The van der Waals surface area contributed by atoms with Gasteiger partial charge in [-0.3, -0.25) is 4.79 Å². The van der Waals surface area contributed by atoms with Crippen LogP contribution in [0, 0.1) is 0 Å². The zero-order chi connectivity index (χ0) is 13.4. The van der Waals surface area contributed by atoms with Gasteiger partial charge in [-0.25, -0.2) is 4.98 Å². The molecule has 1 N–H and O–H groups in total. The molecule has 19 heavy (non-hydrogen) atoms. The molecule has 4 heteroatoms. The molecule has 2 heterocycles. The Morgan fingerprint density at radius 3 is 3.00 bits per heavy atom. The van der Waals surface area contributed by atoms with Gasteiger partial charge in [-0.15, -0.1) is 0 Å². The van der Waals surface area contributed by atoms with E-state index in [0.717, 1.165) is 28.9 Å². The molecule has 1 aromatic carbocycles. The molecule has 1 atom stereocenters. The van der Waals surface area contributed by atoms with Gasteiger partial charge in [0.05, 0.1) is 5.92 Å². The summed E-state index contributed by atoms with van der Waals surface area (Å²) in [6.45, 7) is 1.68. The van der Waals surface area contributed by atoms with Gasteiger partial charge < -0.3 is 9.84 Å². The Labute approximate surface area is 110 Å². The Morgan fingerprint density at radius 2 is 2.21 bits per heavy atom. The van der Waals surface area contributed by atoms with E-state index in [1.165, 1.54) is 0 Å². The second-order valence-corrected chi connectivity index (χ2v) is 4.67. The molecule has 0 saturated heterocycles. The van der Waals surface area contributed by atoms with Crippen molar-refractivity contribution < 1.29 is 14.6 Å². The Kier molecular flexibility index (Phi) is 2.71. The minimum absolute atomic E-state index is 0.513. The summed E-state index contributed by atoms with van der Waals surface area (Å²) in [4.78, 5) is 15.2. The van der Waals surface area contributed by atoms with Crippen LogP contribution in [-0.2, 0) is 11.2 Å². The number of carboxylic acid groups (broad SMARTS) is 1. The minimum Gasteiger partial charge on any atom is -0.481 e. The average molecular weight is 255 g/mol. The van der Waals surface area contributed by atoms with Crippen LogP contribution in [0.5, 0.6) is 11.6 Å². The highest BCUT2D eigenvalue weighted by atomic mass is 16.5. The number of pyridine rings is 1. The van der Waals surface area contributed by atoms with Crippen molar-refractivity contribution >= 4 is 5.97 Å². The van der Waals surface area contributed by atoms with E-state index >= 15 is 0 Å². The summed E-state index contributed by atoms with van der Waals surface area (Å²) in [5.41, 5.74) is 2.82. The van der Waals surface area contributed by atoms with Gasteiger partial charge in [-0.2, -0.15) is 0 Å². The zero-order valence-electron chi connectivity index (χ0n) is 10.5. The van der Waals surface area contributed by atoms with Crippen LogP contribution < -0.4 is 4.74 Å². The lowest BCUT2D eigenvalue weighted by molar-refractivity contribution is -0.138. The Hall–Kier alpha value is -2.36. The predicted molar refractivity (Wildman–Crippen MR) is 69.6 cm³/mol. The largest absolute Gasteiger partial charge is 0.481 e. The lowest BCUT2D eigenvalue weighted by Gasteiger charge is -2.20. The van der Waals surface area contributed by atoms with Crippen molar-refractivity contribution in [2.75, 3.05) is 0 Å². The van der Waals surface area contributed by atoms with E-state index < -0.39 is 11.9 Å². The zero-order valence-corrected chi connectivity index (χ0v) is 10.5. The Morgan fingerprint density at radius 1 is 1.37 bits per heavy atom. The average Bonchev–Trinajstić information content (AvgIpc) is 2.43. The van der Waals surface area contributed by atoms with Gasteiger partial charge in [-0.05, 0) is 30.2 Å². The lowest BCUT2D eigenvalue weighted by atomic mass is 9.95. The highest BCUT2D eigenvalue weighted by molar-refractivity contribution is 5.75. The summed E-state index contributed by atoms with van der Waals surface area (Å²) >= 11 is 0. The van der Waals surface area contributed by atoms with Gasteiger partial charge in [0.1, 0.15) is 5.75 Å². The Balaban J connectivity index is 1.98. The smallest absolute Gasteiger partial charge is 0.310 e. The first kappa shape index (κ1) is 11.7. The lowest BCUT2D eigenvalue weighted by Crippen LogP contribution is -2.10. The van der Waals surface area contributed by atoms with Gasteiger partial charge in [0.15, 0.2) is 0 Å². The number of carboxylic acids is 1. The quantitative estimate of drug-likeness (QED) is 0.764. The summed E-state index contributed by atoms with van der Waals surface area (Å²) < 4.78 is 5.71. The summed E-state index contributed by atoms with van der Waals surface area (Å²) in [5.74, 6) is 0.0564. The number of hydrogen-bond donors (Lipinski definition) is 1. The van der Waals surface area contributed by atoms with E-state index in [-0.39, 0.29) is 0 Å². The van der Waals surface area contributed by atoms with Crippen LogP contribution in [0.25, 0.3) is 0 Å². The molecule has 0 aliphatic carbocycles. The minimum atomic E-state index is -0.821. The number of nitrogens with zero attached hydrogens (tertiary/aromatic N) is 1. The van der Waals surface area contributed by atoms with Crippen molar-refractivity contribution in [3.05, 3.63) is 53.2 Å². The molecule has 0 saturated carbocycles. The molecular weight excluding hydrogens is 242 g/mol. The summed E-state index contributed by atoms with van der Waals surface area (Å²) in [6.07, 6.45) is 2.42. The van der Waals surface area contributed by atoms with Crippen molar-refractivity contribution in [1.29, 1.82) is 0 Å². The number of ether oxygens (including phenoxy) is 1. The Bertz CT molecular complexity index is 652. The van der Waals surface area contributed by atoms with Crippen LogP contribution in [0.3, 0.4) is 0 Å². The van der Waals surface area contributed by atoms with Crippen LogP contribution in [0.2, 0.25) is 0 Å². The van der Waals surface area contributed by atoms with Crippen molar-refractivity contribution in [2.24, 2.45) is 0 Å². The van der Waals surface area contributed by atoms with Crippen LogP contribution in [0.15, 0.2) is 36.5 Å². The second kappa shape index (κ2) is 4.39. The first-order chi connectivity index (χ1) is 9.15. The van der Waals surface area contributed by atoms with Crippen LogP contribution in [-0.4, -0.2) is 16.1 Å². The molecule has 0 amide bonds. The molecular formula is C15H13NO3. The predicted octanol–water partition coefficient (Wildman–Crippen LogP) is 2.97. The molecule has 2 aromatic rings. The first-order valence-electron chi connectivity index (χ1n) is 6.12. The molecule has 1 aliphatic rings. The van der Waals surface area contributed by atoms with Gasteiger partial charge in [0.2, 0.25) is 5.88 Å². The maximum atomic E-state index is 11.0. The standard InChI is InChI=1S/C15H13NO3/c1-9(15(17)18)10-4-5-13-12(7-10)8-11-3-2-6-16-14(11)19-13/h2-7,9H,8H2,1H3,(H,17,18)/t9-/m0/s1. The second-order valence-electron chi connectivity index (χ2n) is 4.67. The van der Waals surface area contributed by atoms with E-state index in [1.807, 2.05) is 24.3 Å². The van der Waals surface area contributed by atoms with Gasteiger partial charge in [0, 0.05) is 18.2 Å². The third-order valence-corrected chi connectivity index (χ3v) is 3.39. The van der Waals surface area contributed by atoms with Gasteiger partial charge in [0.25, 0.3) is 0 Å². The summed E-state index contributed by atoms with van der Waals surface area (Å²) in [7, 11) is 0. The van der Waals surface area contributed by atoms with Crippen molar-refractivity contribution in [2.45, 2.75) is 19.3 Å². The fraction of sp³-hybridized carbons (Fsp3) is 0.200. The number of benzene rings is 1. The maximum absolute atomic E-state index is 11.0. The molecule has 0 spiro atoms. The third kappa shape index (κ3) is 2.05. The number of aliphatic carboxylic acids is 1. The molecule has 1 aromatic heterocycles. The van der Waals surface area contributed by atoms with E-state index in [1.54, 1.807) is 19.2 Å². The first-order valence-corrected chi connectivity index (χ1v) is 6.12. The molecule has 0 radical (unpaired) electrons. The van der Waals surface area contributed by atoms with E-state index in [0.29, 0.717) is 5.88 Å². The highest BCUT2D eigenvalue weighted by Crippen LogP contribution is 2.36. The molecule has 0 fully saturated rings. The maximum Gasteiger partial charge on any atom is 0.310 e. The summed E-state index contributed by atoms with van der Waals surface area (Å²) in [5, 5.41) is 9.06. The number of carbonyl (C=O) groups is 1. The number of aromatic nitrogens is 1. The van der Waals surface area contributed by atoms with E-state index in [4.69, 9.17) is 9.84 Å². The van der Waals surface area contributed by atoms with E-state index in [2.05, 4.69) is 4.98 Å². The molecule has 4 nitrogen and oxygen atoms in total. The number of rotatable bonds is 2. The third-order valence-electron chi connectivity index (χ3n) is 3.39. The fourth-order valence-electron chi connectivity index (χ4n) is 2.21. The number of fused-ring (bicyclic) bond motifs is 2. The normalized spacial score (nSPS) is 13.9. The van der Waals surface area contributed by atoms with Crippen molar-refractivity contribution in [1.82, 2.24) is 4.98 Å². The topological polar surface area (TPSA) is 59.4 Å². The monoisotopic (exact) mass is 255 g/mol. The van der Waals surface area contributed by atoms with Gasteiger partial charge in [-0.1, -0.05) is 18.2 Å². The molecule has 3 rings (SSSR count). The van der Waals surface area contributed by atoms with Gasteiger partial charge >= 0.3 is 5.97 Å². The molecule has 0 bridgehead atoms. The molecule has 96 valence electrons. The fourth-order valence-corrected chi connectivity index (χ4v) is 2.21. The van der Waals surface area contributed by atoms with Crippen LogP contribution >= 0.6 is 0 Å². The molecule has 1 aliphatic heterocycles. The SMILES string of the molecule is C[C@H](C(=O)O)c1ccc2c(c1)Cc1cccnc1O2. The van der Waals surface area contributed by atoms with Crippen molar-refractivity contribution in [3.8, 4) is 11.6 Å².